The summed E-state index contributed by atoms with van der Waals surface area (Å²) >= 11 is 3.16. The van der Waals surface area contributed by atoms with Gasteiger partial charge in [0.1, 0.15) is 5.01 Å². The van der Waals surface area contributed by atoms with Gasteiger partial charge in [0.15, 0.2) is 0 Å². The standard InChI is InChI=1S/C23H24N6O2S2/c30-21(14-18-16-33-23(25-18)17-4-1-7-24-15-17)29-11-9-28(10-12-29)8-2-6-20-26-22(27-31-20)19-5-3-13-32-19/h1,3-5,7,13,15-16H,2,6,8-12,14H2. The van der Waals surface area contributed by atoms with Gasteiger partial charge >= 0.3 is 0 Å². The highest BCUT2D eigenvalue weighted by Gasteiger charge is 2.22. The molecule has 0 radical (unpaired) electrons. The van der Waals surface area contributed by atoms with Crippen LogP contribution in [0.25, 0.3) is 21.3 Å². The molecule has 0 N–H and O–H groups in total. The highest BCUT2D eigenvalue weighted by Crippen LogP contribution is 2.23. The summed E-state index contributed by atoms with van der Waals surface area (Å²) in [6.07, 6.45) is 5.61. The molecule has 0 spiro atoms. The van der Waals surface area contributed by atoms with Gasteiger partial charge in [0, 0.05) is 55.9 Å². The number of hydrogen-bond donors (Lipinski definition) is 0. The fourth-order valence-corrected chi connectivity index (χ4v) is 5.27. The fraction of sp³-hybridized carbons (Fsp3) is 0.348. The Morgan fingerprint density at radius 2 is 2.00 bits per heavy atom. The molecule has 0 saturated carbocycles. The van der Waals surface area contributed by atoms with Crippen LogP contribution in [0.3, 0.4) is 0 Å². The van der Waals surface area contributed by atoms with Crippen LogP contribution in [0.15, 0.2) is 51.9 Å². The van der Waals surface area contributed by atoms with Gasteiger partial charge in [-0.05, 0) is 36.5 Å². The van der Waals surface area contributed by atoms with Crippen molar-refractivity contribution in [2.24, 2.45) is 0 Å². The molecule has 4 aromatic heterocycles. The largest absolute Gasteiger partial charge is 0.340 e. The summed E-state index contributed by atoms with van der Waals surface area (Å²) in [5.41, 5.74) is 1.81. The van der Waals surface area contributed by atoms with E-state index in [0.717, 1.165) is 66.7 Å². The molecule has 0 unspecified atom stereocenters. The van der Waals surface area contributed by atoms with Crippen LogP contribution >= 0.6 is 22.7 Å². The number of thiophene rings is 1. The zero-order chi connectivity index (χ0) is 22.5. The first-order valence-electron chi connectivity index (χ1n) is 11.0. The van der Waals surface area contributed by atoms with Gasteiger partial charge < -0.3 is 9.42 Å². The number of carbonyl (C=O) groups is 1. The number of nitrogens with zero attached hydrogens (tertiary/aromatic N) is 6. The number of hydrogen-bond acceptors (Lipinski definition) is 9. The van der Waals surface area contributed by atoms with Gasteiger partial charge in [-0.1, -0.05) is 11.2 Å². The van der Waals surface area contributed by atoms with Crippen molar-refractivity contribution < 1.29 is 9.32 Å². The number of thiazole rings is 1. The summed E-state index contributed by atoms with van der Waals surface area (Å²) in [5, 5.41) is 8.94. The Kier molecular flexibility index (Phi) is 6.84. The molecule has 0 bridgehead atoms. The number of pyridine rings is 1. The van der Waals surface area contributed by atoms with Gasteiger partial charge in [0.2, 0.25) is 17.6 Å². The topological polar surface area (TPSA) is 88.3 Å². The van der Waals surface area contributed by atoms with Crippen molar-refractivity contribution in [3.63, 3.8) is 0 Å². The van der Waals surface area contributed by atoms with E-state index in [-0.39, 0.29) is 5.91 Å². The Bertz CT molecular complexity index is 1170. The lowest BCUT2D eigenvalue weighted by atomic mass is 10.2. The molecule has 1 fully saturated rings. The molecule has 33 heavy (non-hydrogen) atoms. The molecule has 1 aliphatic heterocycles. The second kappa shape index (κ2) is 10.3. The van der Waals surface area contributed by atoms with Gasteiger partial charge in [-0.25, -0.2) is 4.98 Å². The molecule has 8 nitrogen and oxygen atoms in total. The molecular weight excluding hydrogens is 456 g/mol. The van der Waals surface area contributed by atoms with E-state index in [0.29, 0.717) is 18.1 Å². The lowest BCUT2D eigenvalue weighted by Gasteiger charge is -2.34. The average molecular weight is 481 g/mol. The molecule has 0 aromatic carbocycles. The van der Waals surface area contributed by atoms with Crippen molar-refractivity contribution in [1.29, 1.82) is 0 Å². The quantitative estimate of drug-likeness (QED) is 0.380. The van der Waals surface area contributed by atoms with Crippen LogP contribution in [-0.4, -0.2) is 68.5 Å². The Labute approximate surface area is 199 Å². The Morgan fingerprint density at radius 1 is 1.09 bits per heavy atom. The number of amides is 1. The maximum atomic E-state index is 12.8. The van der Waals surface area contributed by atoms with Crippen LogP contribution in [0.1, 0.15) is 18.0 Å². The smallest absolute Gasteiger partial charge is 0.228 e. The molecule has 0 atom stereocenters. The number of piperazine rings is 1. The van der Waals surface area contributed by atoms with E-state index in [1.54, 1.807) is 35.1 Å². The monoisotopic (exact) mass is 480 g/mol. The van der Waals surface area contributed by atoms with Gasteiger partial charge in [-0.2, -0.15) is 4.98 Å². The van der Waals surface area contributed by atoms with Crippen molar-refractivity contribution in [2.75, 3.05) is 32.7 Å². The molecular formula is C23H24N6O2S2. The minimum atomic E-state index is 0.143. The maximum Gasteiger partial charge on any atom is 0.228 e. The highest BCUT2D eigenvalue weighted by atomic mass is 32.1. The van der Waals surface area contributed by atoms with Crippen LogP contribution in [0.2, 0.25) is 0 Å². The van der Waals surface area contributed by atoms with Crippen LogP contribution in [0, 0.1) is 0 Å². The van der Waals surface area contributed by atoms with Gasteiger partial charge in [-0.15, -0.1) is 22.7 Å². The summed E-state index contributed by atoms with van der Waals surface area (Å²) in [4.78, 5) is 31.4. The summed E-state index contributed by atoms with van der Waals surface area (Å²) < 4.78 is 5.38. The molecule has 4 aromatic rings. The van der Waals surface area contributed by atoms with E-state index in [2.05, 4.69) is 25.0 Å². The molecule has 5 heterocycles. The SMILES string of the molecule is O=C(Cc1csc(-c2cccnc2)n1)N1CCN(CCCc2nc(-c3cccs3)no2)CC1. The normalized spacial score (nSPS) is 14.6. The summed E-state index contributed by atoms with van der Waals surface area (Å²) in [6, 6.07) is 7.86. The van der Waals surface area contributed by atoms with E-state index in [9.17, 15) is 4.79 Å². The minimum absolute atomic E-state index is 0.143. The Hall–Kier alpha value is -2.95. The second-order valence-electron chi connectivity index (χ2n) is 7.88. The second-order valence-corrected chi connectivity index (χ2v) is 9.68. The number of rotatable bonds is 8. The molecule has 1 saturated heterocycles. The lowest BCUT2D eigenvalue weighted by Crippen LogP contribution is -2.49. The van der Waals surface area contributed by atoms with Gasteiger partial charge in [0.25, 0.3) is 0 Å². The van der Waals surface area contributed by atoms with Crippen LogP contribution in [0.4, 0.5) is 0 Å². The first-order chi connectivity index (χ1) is 16.2. The van der Waals surface area contributed by atoms with Crippen molar-refractivity contribution in [3.8, 4) is 21.3 Å². The first-order valence-corrected chi connectivity index (χ1v) is 12.7. The predicted octanol–water partition coefficient (Wildman–Crippen LogP) is 3.64. The van der Waals surface area contributed by atoms with Crippen LogP contribution in [-0.2, 0) is 17.6 Å². The lowest BCUT2D eigenvalue weighted by molar-refractivity contribution is -0.132. The van der Waals surface area contributed by atoms with E-state index < -0.39 is 0 Å². The summed E-state index contributed by atoms with van der Waals surface area (Å²) in [6.45, 7) is 4.23. The van der Waals surface area contributed by atoms with Crippen molar-refractivity contribution >= 4 is 28.6 Å². The van der Waals surface area contributed by atoms with Gasteiger partial charge in [0.05, 0.1) is 17.0 Å². The van der Waals surface area contributed by atoms with Crippen LogP contribution < -0.4 is 0 Å². The maximum absolute atomic E-state index is 12.8. The predicted molar refractivity (Wildman–Crippen MR) is 128 cm³/mol. The molecule has 1 aliphatic rings. The van der Waals surface area contributed by atoms with Crippen molar-refractivity contribution in [3.05, 3.63) is 59.0 Å². The van der Waals surface area contributed by atoms with Gasteiger partial charge in [-0.3, -0.25) is 14.7 Å². The molecule has 10 heteroatoms. The zero-order valence-corrected chi connectivity index (χ0v) is 19.7. The highest BCUT2D eigenvalue weighted by molar-refractivity contribution is 7.13. The van der Waals surface area contributed by atoms with Crippen LogP contribution in [0.5, 0.6) is 0 Å². The third-order valence-electron chi connectivity index (χ3n) is 5.59. The van der Waals surface area contributed by atoms with E-state index >= 15 is 0 Å². The van der Waals surface area contributed by atoms with Crippen molar-refractivity contribution in [2.45, 2.75) is 19.3 Å². The number of aryl methyl sites for hydroxylation is 1. The molecule has 0 aliphatic carbocycles. The third kappa shape index (κ3) is 5.52. The summed E-state index contributed by atoms with van der Waals surface area (Å²) in [7, 11) is 0. The fourth-order valence-electron chi connectivity index (χ4n) is 3.81. The Balaban J connectivity index is 1.04. The molecule has 1 amide bonds. The van der Waals surface area contributed by atoms with E-state index in [4.69, 9.17) is 4.52 Å². The van der Waals surface area contributed by atoms with E-state index in [1.807, 2.05) is 39.9 Å². The molecule has 5 rings (SSSR count). The molecule has 170 valence electrons. The first kappa shape index (κ1) is 21.9. The Morgan fingerprint density at radius 3 is 2.79 bits per heavy atom. The van der Waals surface area contributed by atoms with E-state index in [1.165, 1.54) is 0 Å². The minimum Gasteiger partial charge on any atom is -0.340 e. The number of carbonyl (C=O) groups excluding carboxylic acids is 1. The average Bonchev–Trinajstić information content (AvgIpc) is 3.62. The summed E-state index contributed by atoms with van der Waals surface area (Å²) in [5.74, 6) is 1.49. The third-order valence-corrected chi connectivity index (χ3v) is 7.40. The number of aromatic nitrogens is 4. The van der Waals surface area contributed by atoms with Crippen molar-refractivity contribution in [1.82, 2.24) is 29.9 Å². The zero-order valence-electron chi connectivity index (χ0n) is 18.1.